The maximum atomic E-state index is 13.2. The Labute approximate surface area is 86.8 Å². The number of rotatable bonds is 3. The van der Waals surface area contributed by atoms with Crippen LogP contribution in [-0.4, -0.2) is 20.2 Å². The normalized spacial score (nSPS) is 12.0. The zero-order valence-electron chi connectivity index (χ0n) is 8.49. The first-order chi connectivity index (χ1) is 7.11. The van der Waals surface area contributed by atoms with Crippen LogP contribution in [0.25, 0.3) is 0 Å². The highest BCUT2D eigenvalue weighted by atomic mass is 19.1. The van der Waals surface area contributed by atoms with Crippen molar-refractivity contribution < 1.29 is 18.7 Å². The molecular weight excluding hydrogens is 201 g/mol. The van der Waals surface area contributed by atoms with E-state index in [1.165, 1.54) is 32.4 Å². The molecule has 1 atom stereocenters. The van der Waals surface area contributed by atoms with Gasteiger partial charge >= 0.3 is 5.97 Å². The Balaban J connectivity index is 3.13. The third-order valence-corrected chi connectivity index (χ3v) is 1.99. The minimum atomic E-state index is -1.04. The van der Waals surface area contributed by atoms with Gasteiger partial charge in [-0.3, -0.25) is 4.79 Å². The van der Waals surface area contributed by atoms with E-state index in [1.54, 1.807) is 0 Å². The lowest BCUT2D eigenvalue weighted by molar-refractivity contribution is -0.142. The standard InChI is InChI=1S/C10H12FNO3/c1-14-9-6(4-3-5-7(9)11)8(12)10(13)15-2/h3-5,8H,12H2,1-2H3/t8-/m1/s1. The van der Waals surface area contributed by atoms with Gasteiger partial charge in [-0.2, -0.15) is 0 Å². The number of para-hydroxylation sites is 1. The van der Waals surface area contributed by atoms with Gasteiger partial charge in [0.2, 0.25) is 0 Å². The first-order valence-corrected chi connectivity index (χ1v) is 4.27. The average Bonchev–Trinajstić information content (AvgIpc) is 2.26. The lowest BCUT2D eigenvalue weighted by Gasteiger charge is -2.13. The molecule has 0 unspecified atom stereocenters. The molecule has 0 aliphatic rings. The third kappa shape index (κ3) is 2.24. The number of benzene rings is 1. The predicted octanol–water partition coefficient (Wildman–Crippen LogP) is 1.01. The second-order valence-corrected chi connectivity index (χ2v) is 2.86. The van der Waals surface area contributed by atoms with Crippen LogP contribution in [0.2, 0.25) is 0 Å². The molecule has 0 spiro atoms. The molecule has 0 amide bonds. The summed E-state index contributed by atoms with van der Waals surface area (Å²) in [5, 5.41) is 0. The Bertz CT molecular complexity index is 368. The van der Waals surface area contributed by atoms with Crippen molar-refractivity contribution in [3.05, 3.63) is 29.6 Å². The van der Waals surface area contributed by atoms with Crippen molar-refractivity contribution in [2.45, 2.75) is 6.04 Å². The molecule has 1 aromatic rings. The smallest absolute Gasteiger partial charge is 0.327 e. The van der Waals surface area contributed by atoms with E-state index in [0.29, 0.717) is 0 Å². The summed E-state index contributed by atoms with van der Waals surface area (Å²) in [5.74, 6) is -1.23. The molecule has 0 saturated heterocycles. The Morgan fingerprint density at radius 3 is 2.67 bits per heavy atom. The number of methoxy groups -OCH3 is 2. The van der Waals surface area contributed by atoms with Gasteiger partial charge in [0.15, 0.2) is 11.6 Å². The molecule has 1 rings (SSSR count). The van der Waals surface area contributed by atoms with Crippen LogP contribution in [-0.2, 0) is 9.53 Å². The Morgan fingerprint density at radius 1 is 1.47 bits per heavy atom. The van der Waals surface area contributed by atoms with E-state index in [0.717, 1.165) is 0 Å². The van der Waals surface area contributed by atoms with Crippen molar-refractivity contribution in [3.8, 4) is 5.75 Å². The fourth-order valence-corrected chi connectivity index (χ4v) is 1.24. The Kier molecular flexibility index (Phi) is 3.62. The van der Waals surface area contributed by atoms with E-state index in [1.807, 2.05) is 0 Å². The molecule has 0 aromatic heterocycles. The van der Waals surface area contributed by atoms with Crippen LogP contribution in [0, 0.1) is 5.82 Å². The monoisotopic (exact) mass is 213 g/mol. The summed E-state index contributed by atoms with van der Waals surface area (Å²) in [5.41, 5.74) is 5.84. The Hall–Kier alpha value is -1.62. The molecule has 1 aromatic carbocycles. The molecule has 5 heteroatoms. The van der Waals surface area contributed by atoms with Crippen LogP contribution in [0.3, 0.4) is 0 Å². The van der Waals surface area contributed by atoms with Gasteiger partial charge in [0, 0.05) is 5.56 Å². The quantitative estimate of drug-likeness (QED) is 0.761. The molecule has 82 valence electrons. The molecule has 0 fully saturated rings. The fraction of sp³-hybridized carbons (Fsp3) is 0.300. The summed E-state index contributed by atoms with van der Waals surface area (Å²) in [6.45, 7) is 0. The van der Waals surface area contributed by atoms with E-state index < -0.39 is 17.8 Å². The lowest BCUT2D eigenvalue weighted by atomic mass is 10.1. The molecular formula is C10H12FNO3. The van der Waals surface area contributed by atoms with Crippen LogP contribution < -0.4 is 10.5 Å². The Morgan fingerprint density at radius 2 is 2.13 bits per heavy atom. The van der Waals surface area contributed by atoms with Gasteiger partial charge in [-0.1, -0.05) is 12.1 Å². The van der Waals surface area contributed by atoms with E-state index >= 15 is 0 Å². The minimum Gasteiger partial charge on any atom is -0.493 e. The van der Waals surface area contributed by atoms with Crippen molar-refractivity contribution in [1.82, 2.24) is 0 Å². The summed E-state index contributed by atoms with van der Waals surface area (Å²) < 4.78 is 22.5. The van der Waals surface area contributed by atoms with Crippen LogP contribution in [0.15, 0.2) is 18.2 Å². The summed E-state index contributed by atoms with van der Waals surface area (Å²) in [6, 6.07) is 3.16. The molecule has 0 radical (unpaired) electrons. The molecule has 0 aliphatic heterocycles. The van der Waals surface area contributed by atoms with Crippen molar-refractivity contribution in [1.29, 1.82) is 0 Å². The average molecular weight is 213 g/mol. The van der Waals surface area contributed by atoms with Crippen molar-refractivity contribution in [2.75, 3.05) is 14.2 Å². The van der Waals surface area contributed by atoms with Crippen LogP contribution in [0.4, 0.5) is 4.39 Å². The molecule has 0 aliphatic carbocycles. The zero-order valence-corrected chi connectivity index (χ0v) is 8.49. The van der Waals surface area contributed by atoms with Gasteiger partial charge in [0.25, 0.3) is 0 Å². The van der Waals surface area contributed by atoms with E-state index in [4.69, 9.17) is 10.5 Å². The number of nitrogens with two attached hydrogens (primary N) is 1. The summed E-state index contributed by atoms with van der Waals surface area (Å²) in [6.07, 6.45) is 0. The van der Waals surface area contributed by atoms with Gasteiger partial charge in [-0.05, 0) is 6.07 Å². The maximum Gasteiger partial charge on any atom is 0.327 e. The molecule has 4 nitrogen and oxygen atoms in total. The number of esters is 1. The van der Waals surface area contributed by atoms with Crippen molar-refractivity contribution in [3.63, 3.8) is 0 Å². The van der Waals surface area contributed by atoms with E-state index in [-0.39, 0.29) is 11.3 Å². The van der Waals surface area contributed by atoms with E-state index in [9.17, 15) is 9.18 Å². The molecule has 0 heterocycles. The van der Waals surface area contributed by atoms with Gasteiger partial charge in [0.1, 0.15) is 6.04 Å². The first-order valence-electron chi connectivity index (χ1n) is 4.27. The fourth-order valence-electron chi connectivity index (χ4n) is 1.24. The molecule has 15 heavy (non-hydrogen) atoms. The topological polar surface area (TPSA) is 61.5 Å². The van der Waals surface area contributed by atoms with Crippen molar-refractivity contribution >= 4 is 5.97 Å². The van der Waals surface area contributed by atoms with Gasteiger partial charge in [-0.25, -0.2) is 4.39 Å². The number of carbonyl (C=O) groups excluding carboxylic acids is 1. The van der Waals surface area contributed by atoms with Crippen LogP contribution in [0.5, 0.6) is 5.75 Å². The van der Waals surface area contributed by atoms with Gasteiger partial charge < -0.3 is 15.2 Å². The molecule has 0 saturated carbocycles. The number of carbonyl (C=O) groups is 1. The lowest BCUT2D eigenvalue weighted by Crippen LogP contribution is -2.23. The third-order valence-electron chi connectivity index (χ3n) is 1.99. The zero-order chi connectivity index (χ0) is 11.4. The highest BCUT2D eigenvalue weighted by Gasteiger charge is 2.22. The van der Waals surface area contributed by atoms with Gasteiger partial charge in [0.05, 0.1) is 14.2 Å². The summed E-state index contributed by atoms with van der Waals surface area (Å²) in [7, 11) is 2.53. The maximum absolute atomic E-state index is 13.2. The number of hydrogen-bond donors (Lipinski definition) is 1. The number of ether oxygens (including phenoxy) is 2. The second-order valence-electron chi connectivity index (χ2n) is 2.86. The van der Waals surface area contributed by atoms with E-state index in [2.05, 4.69) is 4.74 Å². The molecule has 2 N–H and O–H groups in total. The highest BCUT2D eigenvalue weighted by molar-refractivity contribution is 5.78. The number of halogens is 1. The predicted molar refractivity (Wildman–Crippen MR) is 51.9 cm³/mol. The SMILES string of the molecule is COC(=O)[C@H](N)c1cccc(F)c1OC. The van der Waals surface area contributed by atoms with Crippen LogP contribution in [0.1, 0.15) is 11.6 Å². The summed E-state index contributed by atoms with van der Waals surface area (Å²) >= 11 is 0. The van der Waals surface area contributed by atoms with Crippen molar-refractivity contribution in [2.24, 2.45) is 5.73 Å². The number of hydrogen-bond acceptors (Lipinski definition) is 4. The summed E-state index contributed by atoms with van der Waals surface area (Å²) in [4.78, 5) is 11.2. The highest BCUT2D eigenvalue weighted by Crippen LogP contribution is 2.27. The molecule has 0 bridgehead atoms. The van der Waals surface area contributed by atoms with Gasteiger partial charge in [-0.15, -0.1) is 0 Å². The van der Waals surface area contributed by atoms with Crippen LogP contribution >= 0.6 is 0 Å². The second kappa shape index (κ2) is 4.75. The first kappa shape index (κ1) is 11.5. The minimum absolute atomic E-state index is 0.0320. The largest absolute Gasteiger partial charge is 0.493 e.